The third kappa shape index (κ3) is 23.6. The number of benzene rings is 1. The summed E-state index contributed by atoms with van der Waals surface area (Å²) in [6, 6.07) is 4.51. The number of hydrogen-bond donors (Lipinski definition) is 3. The largest absolute Gasteiger partial charge is 0.504 e. The van der Waals surface area contributed by atoms with Gasteiger partial charge in [0.05, 0.1) is 37.0 Å². The molecule has 1 atom stereocenters. The minimum atomic E-state index is -1.42. The van der Waals surface area contributed by atoms with Gasteiger partial charge in [-0.3, -0.25) is 24.0 Å². The van der Waals surface area contributed by atoms with Gasteiger partial charge in [0.25, 0.3) is 0 Å². The van der Waals surface area contributed by atoms with E-state index in [-0.39, 0.29) is 86.5 Å². The molecule has 57 heavy (non-hydrogen) atoms. The Morgan fingerprint density at radius 3 is 1.54 bits per heavy atom. The van der Waals surface area contributed by atoms with Crippen LogP contribution in [0.5, 0.6) is 11.5 Å². The Morgan fingerprint density at radius 2 is 1.09 bits per heavy atom. The first kappa shape index (κ1) is 52.5. The van der Waals surface area contributed by atoms with E-state index in [1.165, 1.54) is 17.8 Å². The number of para-hydroxylation sites is 1. The van der Waals surface area contributed by atoms with Crippen molar-refractivity contribution in [2.75, 3.05) is 67.6 Å². The van der Waals surface area contributed by atoms with Gasteiger partial charge < -0.3 is 39.0 Å². The molecule has 0 radical (unpaired) electrons. The highest BCUT2D eigenvalue weighted by Crippen LogP contribution is 2.36. The van der Waals surface area contributed by atoms with Crippen molar-refractivity contribution in [1.29, 1.82) is 0 Å². The number of aromatic hydroxyl groups is 2. The number of thioether (sulfide) groups is 4. The number of phenols is 2. The molecule has 0 spiro atoms. The predicted octanol–water partition coefficient (Wildman–Crippen LogP) is 7.19. The molecule has 1 rings (SSSR count). The van der Waals surface area contributed by atoms with Gasteiger partial charge in [-0.2, -0.15) is 35.3 Å². The van der Waals surface area contributed by atoms with E-state index in [1.807, 2.05) is 41.5 Å². The quantitative estimate of drug-likeness (QED) is 0.0223. The first-order valence-electron chi connectivity index (χ1n) is 19.4. The molecule has 13 nitrogen and oxygen atoms in total. The van der Waals surface area contributed by atoms with E-state index in [0.29, 0.717) is 47.2 Å². The number of esters is 5. The fraction of sp³-hybridized carbons (Fsp3) is 0.725. The number of hydrogen-bond acceptors (Lipinski definition) is 17. The molecule has 0 aliphatic heterocycles. The van der Waals surface area contributed by atoms with Crippen molar-refractivity contribution in [1.82, 2.24) is 0 Å². The second-order valence-electron chi connectivity index (χ2n) is 14.4. The Bertz CT molecular complexity index is 1370. The fourth-order valence-electron chi connectivity index (χ4n) is 4.90. The van der Waals surface area contributed by atoms with Gasteiger partial charge in [0.15, 0.2) is 11.5 Å². The Kier molecular flexibility index (Phi) is 26.6. The lowest BCUT2D eigenvalue weighted by molar-refractivity contribution is -0.170. The summed E-state index contributed by atoms with van der Waals surface area (Å²) in [5, 5.41) is 29.3. The Morgan fingerprint density at radius 1 is 0.632 bits per heavy atom. The molecule has 0 aliphatic carbocycles. The Hall–Kier alpha value is -2.47. The lowest BCUT2D eigenvalue weighted by Crippen LogP contribution is -2.44. The third-order valence-corrected chi connectivity index (χ3v) is 12.9. The fourth-order valence-corrected chi connectivity index (χ4v) is 8.31. The van der Waals surface area contributed by atoms with E-state index in [4.69, 9.17) is 23.7 Å². The molecule has 0 saturated carbocycles. The average Bonchev–Trinajstić information content (AvgIpc) is 3.16. The van der Waals surface area contributed by atoms with Gasteiger partial charge in [0.1, 0.15) is 37.4 Å². The standard InChI is InChI=1S/C40H64O13S4/c1-7-20-54-21-13-32(43)49-26-39(29-52-35(46)17-25-57-38(4,5)6,28-51-34(45)16-24-56-31-12-10-11-30(42)37(31)48)27-50-33(44)14-22-55-23-15-36(47)53-40(8-2,9-3)18-19-41/h10-12,41-42,48H,7-9,13-29H2,1-6H3. The van der Waals surface area contributed by atoms with Gasteiger partial charge in [-0.25, -0.2) is 0 Å². The highest BCUT2D eigenvalue weighted by Gasteiger charge is 2.38. The summed E-state index contributed by atoms with van der Waals surface area (Å²) in [5.74, 6) is -0.275. The highest BCUT2D eigenvalue weighted by molar-refractivity contribution is 8.00. The molecule has 0 saturated heterocycles. The molecule has 0 fully saturated rings. The van der Waals surface area contributed by atoms with Crippen molar-refractivity contribution in [2.24, 2.45) is 5.41 Å². The van der Waals surface area contributed by atoms with Crippen molar-refractivity contribution in [3.8, 4) is 11.5 Å². The zero-order chi connectivity index (χ0) is 42.7. The molecule has 0 aromatic heterocycles. The summed E-state index contributed by atoms with van der Waals surface area (Å²) in [5.41, 5.74) is -2.11. The molecule has 0 bridgehead atoms. The Balaban J connectivity index is 3.01. The van der Waals surface area contributed by atoms with E-state index < -0.39 is 41.5 Å². The number of ether oxygens (including phenoxy) is 5. The second kappa shape index (κ2) is 28.9. The molecule has 0 heterocycles. The lowest BCUT2D eigenvalue weighted by atomic mass is 9.92. The zero-order valence-corrected chi connectivity index (χ0v) is 37.7. The number of phenolic OH excluding ortho intramolecular Hbond substituents is 2. The molecule has 1 aromatic rings. The third-order valence-electron chi connectivity index (χ3n) is 8.43. The number of rotatable bonds is 31. The molecule has 0 aliphatic rings. The normalized spacial score (nSPS) is 12.7. The van der Waals surface area contributed by atoms with Crippen LogP contribution in [0.2, 0.25) is 0 Å². The number of aliphatic hydroxyl groups is 1. The average molecular weight is 881 g/mol. The second-order valence-corrected chi connectivity index (χ2v) is 19.9. The van der Waals surface area contributed by atoms with Crippen LogP contribution in [-0.4, -0.2) is 123 Å². The first-order valence-corrected chi connectivity index (χ1v) is 23.7. The monoisotopic (exact) mass is 880 g/mol. The smallest absolute Gasteiger partial charge is 0.307 e. The molecule has 3 N–H and O–H groups in total. The minimum Gasteiger partial charge on any atom is -0.504 e. The molecule has 326 valence electrons. The zero-order valence-electron chi connectivity index (χ0n) is 34.4. The SMILES string of the molecule is CCCSCCC(=O)OCC(COC(=O)CCSCCC(=O)OC(CC)(CC)CCO)(COC(=O)CCSc1cccc(O)c1O)COC(=O)CCSC(C)(C)C. The number of aliphatic hydroxyl groups excluding tert-OH is 1. The highest BCUT2D eigenvalue weighted by atomic mass is 32.2. The predicted molar refractivity (Wildman–Crippen MR) is 228 cm³/mol. The van der Waals surface area contributed by atoms with Crippen molar-refractivity contribution in [3.63, 3.8) is 0 Å². The van der Waals surface area contributed by atoms with Crippen LogP contribution in [0.4, 0.5) is 0 Å². The van der Waals surface area contributed by atoms with Gasteiger partial charge in [-0.1, -0.05) is 47.6 Å². The minimum absolute atomic E-state index is 0.00862. The van der Waals surface area contributed by atoms with Gasteiger partial charge in [0, 0.05) is 46.5 Å². The van der Waals surface area contributed by atoms with Crippen LogP contribution >= 0.6 is 47.0 Å². The summed E-state index contributed by atoms with van der Waals surface area (Å²) < 4.78 is 28.2. The molecular weight excluding hydrogens is 817 g/mol. The summed E-state index contributed by atoms with van der Waals surface area (Å²) in [6.07, 6.45) is 2.79. The summed E-state index contributed by atoms with van der Waals surface area (Å²) in [7, 11) is 0. The van der Waals surface area contributed by atoms with Crippen molar-refractivity contribution < 1.29 is 63.0 Å². The number of carbonyl (C=O) groups excluding carboxylic acids is 5. The maximum absolute atomic E-state index is 13.0. The van der Waals surface area contributed by atoms with Crippen molar-refractivity contribution in [3.05, 3.63) is 18.2 Å². The van der Waals surface area contributed by atoms with Crippen LogP contribution in [-0.2, 0) is 47.7 Å². The van der Waals surface area contributed by atoms with Crippen molar-refractivity contribution in [2.45, 2.75) is 115 Å². The molecule has 17 heteroatoms. The van der Waals surface area contributed by atoms with Gasteiger partial charge in [-0.05, 0) is 37.1 Å². The van der Waals surface area contributed by atoms with Crippen LogP contribution < -0.4 is 0 Å². The van der Waals surface area contributed by atoms with E-state index in [0.717, 1.165) is 23.9 Å². The van der Waals surface area contributed by atoms with Gasteiger partial charge in [-0.15, -0.1) is 11.8 Å². The van der Waals surface area contributed by atoms with E-state index in [2.05, 4.69) is 0 Å². The molecule has 1 aromatic carbocycles. The molecule has 0 amide bonds. The maximum Gasteiger partial charge on any atom is 0.307 e. The summed E-state index contributed by atoms with van der Waals surface area (Å²) >= 11 is 5.73. The van der Waals surface area contributed by atoms with Crippen LogP contribution in [0.25, 0.3) is 0 Å². The van der Waals surface area contributed by atoms with Crippen LogP contribution in [0.3, 0.4) is 0 Å². The first-order chi connectivity index (χ1) is 27.0. The van der Waals surface area contributed by atoms with Crippen LogP contribution in [0.15, 0.2) is 23.1 Å². The van der Waals surface area contributed by atoms with Crippen molar-refractivity contribution >= 4 is 76.9 Å². The van der Waals surface area contributed by atoms with E-state index in [1.54, 1.807) is 35.7 Å². The number of carbonyl (C=O) groups is 5. The van der Waals surface area contributed by atoms with Gasteiger partial charge >= 0.3 is 29.8 Å². The summed E-state index contributed by atoms with van der Waals surface area (Å²) in [6.45, 7) is 10.4. The summed E-state index contributed by atoms with van der Waals surface area (Å²) in [4.78, 5) is 64.5. The van der Waals surface area contributed by atoms with Crippen LogP contribution in [0, 0.1) is 5.41 Å². The maximum atomic E-state index is 13.0. The lowest BCUT2D eigenvalue weighted by Gasteiger charge is -2.31. The van der Waals surface area contributed by atoms with Gasteiger partial charge in [0.2, 0.25) is 0 Å². The van der Waals surface area contributed by atoms with E-state index >= 15 is 0 Å². The molecule has 1 unspecified atom stereocenters. The molecular formula is C40H64O13S4. The van der Waals surface area contributed by atoms with E-state index in [9.17, 15) is 39.3 Å². The topological polar surface area (TPSA) is 192 Å². The Labute approximate surface area is 355 Å². The van der Waals surface area contributed by atoms with Crippen LogP contribution in [0.1, 0.15) is 99.3 Å².